The highest BCUT2D eigenvalue weighted by atomic mass is 35.5. The zero-order chi connectivity index (χ0) is 11.7. The second kappa shape index (κ2) is 4.40. The van der Waals surface area contributed by atoms with Crippen LogP contribution in [0.1, 0.15) is 16.8 Å². The van der Waals surface area contributed by atoms with Crippen molar-refractivity contribution in [3.8, 4) is 0 Å². The van der Waals surface area contributed by atoms with Crippen LogP contribution in [0.3, 0.4) is 0 Å². The highest BCUT2D eigenvalue weighted by Gasteiger charge is 2.07. The van der Waals surface area contributed by atoms with Crippen LogP contribution in [-0.4, -0.2) is 11.5 Å². The third-order valence-corrected chi connectivity index (χ3v) is 2.92. The summed E-state index contributed by atoms with van der Waals surface area (Å²) in [4.78, 5) is 4.58. The molecule has 84 valence electrons. The van der Waals surface area contributed by atoms with E-state index < -0.39 is 0 Å². The van der Waals surface area contributed by atoms with Crippen molar-refractivity contribution in [2.24, 2.45) is 5.73 Å². The maximum atomic E-state index is 6.10. The van der Waals surface area contributed by atoms with Gasteiger partial charge in [0.2, 0.25) is 0 Å². The van der Waals surface area contributed by atoms with Gasteiger partial charge in [-0.15, -0.1) is 0 Å². The second-order valence-corrected chi connectivity index (χ2v) is 4.52. The molecule has 0 aliphatic heterocycles. The summed E-state index contributed by atoms with van der Waals surface area (Å²) in [5, 5.41) is 1.88. The molecule has 0 radical (unpaired) electrons. The van der Waals surface area contributed by atoms with E-state index in [4.69, 9.17) is 17.3 Å². The lowest BCUT2D eigenvalue weighted by Gasteiger charge is -2.09. The van der Waals surface area contributed by atoms with Crippen LogP contribution in [0, 0.1) is 13.8 Å². The molecule has 0 unspecified atom stereocenters. The number of rotatable bonds is 2. The van der Waals surface area contributed by atoms with E-state index in [1.165, 1.54) is 5.56 Å². The molecule has 16 heavy (non-hydrogen) atoms. The molecule has 0 amide bonds. The number of benzene rings is 1. The Balaban J connectivity index is 2.78. The van der Waals surface area contributed by atoms with E-state index in [1.807, 2.05) is 19.1 Å². The van der Waals surface area contributed by atoms with E-state index in [9.17, 15) is 0 Å². The molecule has 2 aromatic rings. The number of hydrogen-bond donors (Lipinski definition) is 1. The first-order chi connectivity index (χ1) is 7.61. The number of aromatic nitrogens is 1. The lowest BCUT2D eigenvalue weighted by Crippen LogP contribution is -2.04. The molecule has 0 saturated carbocycles. The Kier molecular flexibility index (Phi) is 3.13. The lowest BCUT2D eigenvalue weighted by molar-refractivity contribution is 0.972. The number of nitrogens with two attached hydrogens (primary N) is 1. The van der Waals surface area contributed by atoms with Gasteiger partial charge in [0.1, 0.15) is 0 Å². The minimum absolute atomic E-state index is 0.615. The van der Waals surface area contributed by atoms with Gasteiger partial charge < -0.3 is 5.73 Å². The first-order valence-electron chi connectivity index (χ1n) is 5.38. The van der Waals surface area contributed by atoms with Crippen molar-refractivity contribution < 1.29 is 0 Å². The predicted octanol–water partition coefficient (Wildman–Crippen LogP) is 3.01. The quantitative estimate of drug-likeness (QED) is 0.868. The average Bonchev–Trinajstić information content (AvgIpc) is 2.20. The minimum Gasteiger partial charge on any atom is -0.330 e. The number of fused-ring (bicyclic) bond motifs is 1. The van der Waals surface area contributed by atoms with Crippen LogP contribution in [0.15, 0.2) is 18.2 Å². The van der Waals surface area contributed by atoms with Gasteiger partial charge in [-0.3, -0.25) is 4.98 Å². The van der Waals surface area contributed by atoms with Gasteiger partial charge in [-0.25, -0.2) is 0 Å². The van der Waals surface area contributed by atoms with E-state index in [0.717, 1.165) is 33.6 Å². The van der Waals surface area contributed by atoms with Crippen molar-refractivity contribution in [1.82, 2.24) is 4.98 Å². The van der Waals surface area contributed by atoms with Crippen LogP contribution >= 0.6 is 11.6 Å². The highest BCUT2D eigenvalue weighted by molar-refractivity contribution is 6.31. The molecule has 2 nitrogen and oxygen atoms in total. The predicted molar refractivity (Wildman–Crippen MR) is 69.0 cm³/mol. The van der Waals surface area contributed by atoms with Crippen molar-refractivity contribution in [3.05, 3.63) is 40.0 Å². The van der Waals surface area contributed by atoms with Crippen molar-refractivity contribution in [3.63, 3.8) is 0 Å². The zero-order valence-electron chi connectivity index (χ0n) is 9.55. The summed E-state index contributed by atoms with van der Waals surface area (Å²) >= 11 is 6.10. The van der Waals surface area contributed by atoms with E-state index >= 15 is 0 Å². The number of halogens is 1. The molecule has 0 saturated heterocycles. The average molecular weight is 235 g/mol. The minimum atomic E-state index is 0.615. The van der Waals surface area contributed by atoms with Crippen molar-refractivity contribution in [2.75, 3.05) is 6.54 Å². The molecule has 1 aromatic carbocycles. The molecule has 0 atom stereocenters. The summed E-state index contributed by atoms with van der Waals surface area (Å²) in [6.45, 7) is 4.71. The Labute approximate surface area is 100 Å². The van der Waals surface area contributed by atoms with Crippen molar-refractivity contribution >= 4 is 22.5 Å². The SMILES string of the molecule is Cc1cc(C)c2cc(Cl)cc(CCN)c2n1. The monoisotopic (exact) mass is 234 g/mol. The normalized spacial score (nSPS) is 11.0. The third kappa shape index (κ3) is 2.04. The van der Waals surface area contributed by atoms with Gasteiger partial charge in [-0.05, 0) is 56.1 Å². The van der Waals surface area contributed by atoms with Crippen LogP contribution in [0.4, 0.5) is 0 Å². The molecular formula is C13H15ClN2. The summed E-state index contributed by atoms with van der Waals surface area (Å²) in [6, 6.07) is 6.01. The molecule has 2 N–H and O–H groups in total. The number of hydrogen-bond acceptors (Lipinski definition) is 2. The molecular weight excluding hydrogens is 220 g/mol. The Morgan fingerprint density at radius 2 is 2.00 bits per heavy atom. The summed E-state index contributed by atoms with van der Waals surface area (Å²) in [6.07, 6.45) is 0.812. The van der Waals surface area contributed by atoms with Gasteiger partial charge >= 0.3 is 0 Å². The summed E-state index contributed by atoms with van der Waals surface area (Å²) < 4.78 is 0. The molecule has 0 spiro atoms. The summed E-state index contributed by atoms with van der Waals surface area (Å²) in [5.74, 6) is 0. The molecule has 2 rings (SSSR count). The molecule has 0 aliphatic carbocycles. The molecule has 0 bridgehead atoms. The summed E-state index contributed by atoms with van der Waals surface area (Å²) in [7, 11) is 0. The van der Waals surface area contributed by atoms with Gasteiger partial charge in [0.25, 0.3) is 0 Å². The first-order valence-corrected chi connectivity index (χ1v) is 5.76. The molecule has 1 heterocycles. The van der Waals surface area contributed by atoms with E-state index in [1.54, 1.807) is 0 Å². The second-order valence-electron chi connectivity index (χ2n) is 4.08. The van der Waals surface area contributed by atoms with Crippen LogP contribution in [0.5, 0.6) is 0 Å². The Morgan fingerprint density at radius 3 is 2.69 bits per heavy atom. The molecule has 3 heteroatoms. The molecule has 0 aliphatic rings. The van der Waals surface area contributed by atoms with E-state index in [-0.39, 0.29) is 0 Å². The summed E-state index contributed by atoms with van der Waals surface area (Å²) in [5.41, 5.74) is 10.0. The van der Waals surface area contributed by atoms with Gasteiger partial charge in [-0.1, -0.05) is 11.6 Å². The maximum absolute atomic E-state index is 6.10. The van der Waals surface area contributed by atoms with E-state index in [2.05, 4.69) is 18.0 Å². The zero-order valence-corrected chi connectivity index (χ0v) is 10.3. The van der Waals surface area contributed by atoms with Crippen LogP contribution in [0.25, 0.3) is 10.9 Å². The first kappa shape index (κ1) is 11.4. The number of aryl methyl sites for hydroxylation is 2. The Morgan fingerprint density at radius 1 is 1.25 bits per heavy atom. The van der Waals surface area contributed by atoms with Gasteiger partial charge in [0.05, 0.1) is 5.52 Å². The largest absolute Gasteiger partial charge is 0.330 e. The topological polar surface area (TPSA) is 38.9 Å². The number of nitrogens with zero attached hydrogens (tertiary/aromatic N) is 1. The molecule has 1 aromatic heterocycles. The lowest BCUT2D eigenvalue weighted by atomic mass is 10.0. The van der Waals surface area contributed by atoms with E-state index in [0.29, 0.717) is 6.54 Å². The van der Waals surface area contributed by atoms with Crippen LogP contribution in [-0.2, 0) is 6.42 Å². The Bertz CT molecular complexity index is 535. The fourth-order valence-electron chi connectivity index (χ4n) is 2.03. The van der Waals surface area contributed by atoms with Crippen molar-refractivity contribution in [2.45, 2.75) is 20.3 Å². The third-order valence-electron chi connectivity index (χ3n) is 2.71. The van der Waals surface area contributed by atoms with Crippen LogP contribution in [0.2, 0.25) is 5.02 Å². The maximum Gasteiger partial charge on any atom is 0.0741 e. The van der Waals surface area contributed by atoms with Gasteiger partial charge in [-0.2, -0.15) is 0 Å². The fraction of sp³-hybridized carbons (Fsp3) is 0.308. The number of pyridine rings is 1. The highest BCUT2D eigenvalue weighted by Crippen LogP contribution is 2.26. The smallest absolute Gasteiger partial charge is 0.0741 e. The Hall–Kier alpha value is -1.12. The van der Waals surface area contributed by atoms with Gasteiger partial charge in [0.15, 0.2) is 0 Å². The fourth-order valence-corrected chi connectivity index (χ4v) is 2.27. The molecule has 0 fully saturated rings. The van der Waals surface area contributed by atoms with Gasteiger partial charge in [0, 0.05) is 16.1 Å². The van der Waals surface area contributed by atoms with Crippen LogP contribution < -0.4 is 5.73 Å². The van der Waals surface area contributed by atoms with Crippen molar-refractivity contribution in [1.29, 1.82) is 0 Å². The standard InChI is InChI=1S/C13H15ClN2/c1-8-5-9(2)16-13-10(3-4-15)6-11(14)7-12(8)13/h5-7H,3-4,15H2,1-2H3.